The molecule has 0 radical (unpaired) electrons. The van der Waals surface area contributed by atoms with Gasteiger partial charge in [0.25, 0.3) is 0 Å². The van der Waals surface area contributed by atoms with Crippen molar-refractivity contribution < 1.29 is 4.52 Å². The van der Waals surface area contributed by atoms with Crippen LogP contribution in [-0.2, 0) is 6.42 Å². The minimum atomic E-state index is 0.553. The number of fused-ring (bicyclic) bond motifs is 1. The van der Waals surface area contributed by atoms with Crippen LogP contribution in [0.5, 0.6) is 0 Å². The van der Waals surface area contributed by atoms with E-state index in [2.05, 4.69) is 20.4 Å². The number of aromatic nitrogens is 4. The highest BCUT2D eigenvalue weighted by Gasteiger charge is 2.28. The Balaban J connectivity index is 1.34. The van der Waals surface area contributed by atoms with Gasteiger partial charge in [0.05, 0.1) is 11.0 Å². The first-order chi connectivity index (χ1) is 13.2. The molecule has 7 heteroatoms. The van der Waals surface area contributed by atoms with E-state index in [1.807, 2.05) is 31.2 Å². The molecule has 3 heterocycles. The van der Waals surface area contributed by atoms with E-state index in [4.69, 9.17) is 14.5 Å². The van der Waals surface area contributed by atoms with E-state index in [9.17, 15) is 0 Å². The van der Waals surface area contributed by atoms with Crippen molar-refractivity contribution in [2.75, 3.05) is 23.3 Å². The molecule has 0 atom stereocenters. The second-order valence-corrected chi connectivity index (χ2v) is 7.67. The molecule has 1 aliphatic carbocycles. The maximum Gasteiger partial charge on any atom is 0.226 e. The lowest BCUT2D eigenvalue weighted by atomic mass is 9.93. The standard InChI is InChI=1S/C20H24N6O/c1-13-21-18(27-25-13)12-14-8-10-26(11-9-14)20-19(22-15-6-7-15)23-16-4-2-3-5-17(16)24-20/h2-5,14-15H,6-12H2,1H3,(H,22,23). The third kappa shape index (κ3) is 3.59. The Morgan fingerprint density at radius 2 is 1.78 bits per heavy atom. The van der Waals surface area contributed by atoms with Crippen LogP contribution in [0.15, 0.2) is 28.8 Å². The zero-order valence-corrected chi connectivity index (χ0v) is 15.6. The van der Waals surface area contributed by atoms with E-state index in [1.54, 1.807) is 0 Å². The zero-order chi connectivity index (χ0) is 18.2. The summed E-state index contributed by atoms with van der Waals surface area (Å²) in [4.78, 5) is 16.5. The first-order valence-corrected chi connectivity index (χ1v) is 9.82. The third-order valence-corrected chi connectivity index (χ3v) is 5.42. The third-order valence-electron chi connectivity index (χ3n) is 5.42. The van der Waals surface area contributed by atoms with Gasteiger partial charge in [-0.2, -0.15) is 4.98 Å². The highest BCUT2D eigenvalue weighted by molar-refractivity contribution is 5.80. The number of nitrogens with zero attached hydrogens (tertiary/aromatic N) is 5. The summed E-state index contributed by atoms with van der Waals surface area (Å²) in [5, 5.41) is 7.47. The molecule has 0 unspecified atom stereocenters. The predicted octanol–water partition coefficient (Wildman–Crippen LogP) is 3.35. The van der Waals surface area contributed by atoms with Gasteiger partial charge in [0.15, 0.2) is 17.5 Å². The van der Waals surface area contributed by atoms with Gasteiger partial charge in [0.2, 0.25) is 5.89 Å². The number of hydrogen-bond donors (Lipinski definition) is 1. The lowest BCUT2D eigenvalue weighted by Gasteiger charge is -2.33. The number of anilines is 2. The normalized spacial score (nSPS) is 18.2. The van der Waals surface area contributed by atoms with Gasteiger partial charge in [-0.15, -0.1) is 0 Å². The van der Waals surface area contributed by atoms with Crippen LogP contribution in [0.25, 0.3) is 11.0 Å². The van der Waals surface area contributed by atoms with Crippen molar-refractivity contribution >= 4 is 22.7 Å². The number of nitrogens with one attached hydrogen (secondary N) is 1. The van der Waals surface area contributed by atoms with E-state index in [1.165, 1.54) is 12.8 Å². The van der Waals surface area contributed by atoms with Gasteiger partial charge in [0.1, 0.15) is 0 Å². The number of rotatable bonds is 5. The fourth-order valence-corrected chi connectivity index (χ4v) is 3.75. The maximum absolute atomic E-state index is 5.29. The van der Waals surface area contributed by atoms with Gasteiger partial charge in [-0.25, -0.2) is 9.97 Å². The molecule has 7 nitrogen and oxygen atoms in total. The van der Waals surface area contributed by atoms with Crippen molar-refractivity contribution in [1.82, 2.24) is 20.1 Å². The van der Waals surface area contributed by atoms with Gasteiger partial charge in [-0.1, -0.05) is 17.3 Å². The largest absolute Gasteiger partial charge is 0.364 e. The Kier molecular flexibility index (Phi) is 4.14. The smallest absolute Gasteiger partial charge is 0.226 e. The summed E-state index contributed by atoms with van der Waals surface area (Å²) in [5.41, 5.74) is 1.91. The molecule has 3 aromatic rings. The summed E-state index contributed by atoms with van der Waals surface area (Å²) in [6.07, 6.45) is 5.50. The van der Waals surface area contributed by atoms with E-state index in [0.29, 0.717) is 17.8 Å². The molecule has 0 spiro atoms. The summed E-state index contributed by atoms with van der Waals surface area (Å²) < 4.78 is 5.29. The number of hydrogen-bond acceptors (Lipinski definition) is 7. The van der Waals surface area contributed by atoms with Crippen molar-refractivity contribution in [2.24, 2.45) is 5.92 Å². The van der Waals surface area contributed by atoms with Crippen LogP contribution in [0.3, 0.4) is 0 Å². The molecule has 2 aliphatic rings. The summed E-state index contributed by atoms with van der Waals surface area (Å²) in [7, 11) is 0. The van der Waals surface area contributed by atoms with Gasteiger partial charge in [0, 0.05) is 25.6 Å². The molecular weight excluding hydrogens is 340 g/mol. The molecular formula is C20H24N6O. The van der Waals surface area contributed by atoms with Crippen molar-refractivity contribution in [3.05, 3.63) is 36.0 Å². The van der Waals surface area contributed by atoms with Crippen LogP contribution in [0.4, 0.5) is 11.6 Å². The van der Waals surface area contributed by atoms with E-state index in [0.717, 1.165) is 60.9 Å². The zero-order valence-electron chi connectivity index (χ0n) is 15.6. The van der Waals surface area contributed by atoms with Gasteiger partial charge < -0.3 is 14.7 Å². The molecule has 1 saturated carbocycles. The minimum absolute atomic E-state index is 0.553. The number of aryl methyl sites for hydroxylation is 1. The molecule has 27 heavy (non-hydrogen) atoms. The number of benzene rings is 1. The van der Waals surface area contributed by atoms with Crippen LogP contribution in [0.1, 0.15) is 37.4 Å². The number of para-hydroxylation sites is 2. The molecule has 1 aliphatic heterocycles. The lowest BCUT2D eigenvalue weighted by Crippen LogP contribution is -2.35. The summed E-state index contributed by atoms with van der Waals surface area (Å²) in [6, 6.07) is 8.66. The average molecular weight is 364 g/mol. The monoisotopic (exact) mass is 364 g/mol. The van der Waals surface area contributed by atoms with E-state index < -0.39 is 0 Å². The molecule has 0 amide bonds. The summed E-state index contributed by atoms with van der Waals surface area (Å²) in [6.45, 7) is 3.82. The minimum Gasteiger partial charge on any atom is -0.364 e. The van der Waals surface area contributed by atoms with Crippen LogP contribution >= 0.6 is 0 Å². The van der Waals surface area contributed by atoms with E-state index in [-0.39, 0.29) is 0 Å². The molecule has 0 bridgehead atoms. The van der Waals surface area contributed by atoms with Gasteiger partial charge >= 0.3 is 0 Å². The van der Waals surface area contributed by atoms with Crippen LogP contribution < -0.4 is 10.2 Å². The second-order valence-electron chi connectivity index (χ2n) is 7.67. The highest BCUT2D eigenvalue weighted by atomic mass is 16.5. The topological polar surface area (TPSA) is 80.0 Å². The Bertz CT molecular complexity index is 943. The van der Waals surface area contributed by atoms with Crippen LogP contribution in [0.2, 0.25) is 0 Å². The van der Waals surface area contributed by atoms with Crippen molar-refractivity contribution in [3.8, 4) is 0 Å². The molecule has 1 aromatic carbocycles. The van der Waals surface area contributed by atoms with Crippen molar-refractivity contribution in [2.45, 2.75) is 45.1 Å². The second kappa shape index (κ2) is 6.79. The average Bonchev–Trinajstić information content (AvgIpc) is 3.41. The Morgan fingerprint density at radius 3 is 2.44 bits per heavy atom. The Hall–Kier alpha value is -2.70. The first kappa shape index (κ1) is 16.5. The van der Waals surface area contributed by atoms with Crippen molar-refractivity contribution in [3.63, 3.8) is 0 Å². The van der Waals surface area contributed by atoms with Gasteiger partial charge in [-0.05, 0) is 50.7 Å². The first-order valence-electron chi connectivity index (χ1n) is 9.82. The molecule has 2 fully saturated rings. The Labute approximate surface area is 158 Å². The highest BCUT2D eigenvalue weighted by Crippen LogP contribution is 2.33. The molecule has 140 valence electrons. The Morgan fingerprint density at radius 1 is 1.04 bits per heavy atom. The SMILES string of the molecule is Cc1noc(CC2CCN(c3nc4ccccc4nc3NC3CC3)CC2)n1. The number of piperidine rings is 1. The fraction of sp³-hybridized carbons (Fsp3) is 0.500. The van der Waals surface area contributed by atoms with Crippen LogP contribution in [0, 0.1) is 12.8 Å². The fourth-order valence-electron chi connectivity index (χ4n) is 3.75. The summed E-state index contributed by atoms with van der Waals surface area (Å²) >= 11 is 0. The molecule has 2 aromatic heterocycles. The van der Waals surface area contributed by atoms with E-state index >= 15 is 0 Å². The van der Waals surface area contributed by atoms with Gasteiger partial charge in [-0.3, -0.25) is 0 Å². The maximum atomic E-state index is 5.29. The lowest BCUT2D eigenvalue weighted by molar-refractivity contribution is 0.323. The molecule has 1 N–H and O–H groups in total. The van der Waals surface area contributed by atoms with Crippen molar-refractivity contribution in [1.29, 1.82) is 0 Å². The summed E-state index contributed by atoms with van der Waals surface area (Å²) in [5.74, 6) is 3.97. The van der Waals surface area contributed by atoms with Crippen LogP contribution in [-0.4, -0.2) is 39.2 Å². The molecule has 5 rings (SSSR count). The predicted molar refractivity (Wildman–Crippen MR) is 104 cm³/mol. The quantitative estimate of drug-likeness (QED) is 0.743. The molecule has 1 saturated heterocycles.